The van der Waals surface area contributed by atoms with E-state index in [1.54, 1.807) is 4.57 Å². The van der Waals surface area contributed by atoms with Crippen molar-refractivity contribution in [2.24, 2.45) is 0 Å². The first-order chi connectivity index (χ1) is 12.3. The van der Waals surface area contributed by atoms with Crippen molar-refractivity contribution in [1.29, 1.82) is 0 Å². The molecule has 2 aromatic carbocycles. The predicted molar refractivity (Wildman–Crippen MR) is 105 cm³/mol. The number of carbonyl (C=O) groups is 1. The fourth-order valence-corrected chi connectivity index (χ4v) is 3.67. The van der Waals surface area contributed by atoms with Gasteiger partial charge in [0, 0.05) is 10.9 Å². The van der Waals surface area contributed by atoms with Crippen molar-refractivity contribution in [3.63, 3.8) is 0 Å². The molecule has 0 aliphatic rings. The summed E-state index contributed by atoms with van der Waals surface area (Å²) >= 11 is 1.18. The van der Waals surface area contributed by atoms with Gasteiger partial charge in [0.1, 0.15) is 16.6 Å². The lowest BCUT2D eigenvalue weighted by Gasteiger charge is -2.21. The number of aromatic nitrogens is 3. The Bertz CT molecular complexity index is 1140. The second-order valence-electron chi connectivity index (χ2n) is 7.30. The van der Waals surface area contributed by atoms with Gasteiger partial charge in [0.2, 0.25) is 0 Å². The molecule has 0 saturated heterocycles. The van der Waals surface area contributed by atoms with Crippen LogP contribution in [0.5, 0.6) is 0 Å². The van der Waals surface area contributed by atoms with Gasteiger partial charge in [0.15, 0.2) is 0 Å². The van der Waals surface area contributed by atoms with Gasteiger partial charge in [-0.25, -0.2) is 9.36 Å². The summed E-state index contributed by atoms with van der Waals surface area (Å²) in [7, 11) is 0. The number of aryl methyl sites for hydroxylation is 1. The summed E-state index contributed by atoms with van der Waals surface area (Å²) in [6, 6.07) is 13.8. The summed E-state index contributed by atoms with van der Waals surface area (Å²) in [6.07, 6.45) is -0.398. The lowest BCUT2D eigenvalue weighted by Crippen LogP contribution is -2.27. The number of rotatable bonds is 1. The smallest absolute Gasteiger partial charge is 0.419 e. The topological polar surface area (TPSA) is 57.0 Å². The second-order valence-corrected chi connectivity index (χ2v) is 7.82. The average Bonchev–Trinajstić information content (AvgIpc) is 3.18. The summed E-state index contributed by atoms with van der Waals surface area (Å²) in [5.41, 5.74) is 4.62. The van der Waals surface area contributed by atoms with E-state index in [2.05, 4.69) is 8.75 Å². The molecule has 2 aromatic heterocycles. The fraction of sp³-hybridized carbons (Fsp3) is 0.250. The first kappa shape index (κ1) is 16.7. The molecule has 0 fully saturated rings. The fourth-order valence-electron chi connectivity index (χ4n) is 3.05. The van der Waals surface area contributed by atoms with Crippen LogP contribution in [0.2, 0.25) is 0 Å². The predicted octanol–water partition coefficient (Wildman–Crippen LogP) is 5.40. The molecular weight excluding hydrogens is 346 g/mol. The van der Waals surface area contributed by atoms with E-state index in [9.17, 15) is 4.79 Å². The third-order valence-corrected chi connectivity index (χ3v) is 4.71. The summed E-state index contributed by atoms with van der Waals surface area (Å²) in [5, 5.41) is 0.977. The number of nitrogens with zero attached hydrogens (tertiary/aromatic N) is 3. The minimum absolute atomic E-state index is 0.398. The molecule has 0 bridgehead atoms. The summed E-state index contributed by atoms with van der Waals surface area (Å²) < 4.78 is 16.2. The molecule has 0 unspecified atom stereocenters. The van der Waals surface area contributed by atoms with Crippen LogP contribution < -0.4 is 0 Å². The van der Waals surface area contributed by atoms with Crippen molar-refractivity contribution in [2.75, 3.05) is 0 Å². The molecule has 2 heterocycles. The number of fused-ring (bicyclic) bond motifs is 2. The van der Waals surface area contributed by atoms with Gasteiger partial charge in [0.25, 0.3) is 0 Å². The minimum Gasteiger partial charge on any atom is -0.443 e. The highest BCUT2D eigenvalue weighted by Crippen LogP contribution is 2.34. The van der Waals surface area contributed by atoms with Gasteiger partial charge in [-0.3, -0.25) is 0 Å². The number of para-hydroxylation sites is 1. The van der Waals surface area contributed by atoms with E-state index in [-0.39, 0.29) is 0 Å². The second kappa shape index (κ2) is 5.92. The van der Waals surface area contributed by atoms with Crippen LogP contribution >= 0.6 is 11.7 Å². The van der Waals surface area contributed by atoms with Gasteiger partial charge in [-0.2, -0.15) is 8.75 Å². The number of hydrogen-bond acceptors (Lipinski definition) is 5. The van der Waals surface area contributed by atoms with Gasteiger partial charge >= 0.3 is 6.09 Å². The van der Waals surface area contributed by atoms with E-state index in [1.165, 1.54) is 11.7 Å². The molecule has 0 aliphatic carbocycles. The van der Waals surface area contributed by atoms with E-state index in [0.717, 1.165) is 38.8 Å². The lowest BCUT2D eigenvalue weighted by atomic mass is 10.1. The Balaban J connectivity index is 2.00. The zero-order chi connectivity index (χ0) is 18.5. The quantitative estimate of drug-likeness (QED) is 0.453. The highest BCUT2D eigenvalue weighted by Gasteiger charge is 2.24. The van der Waals surface area contributed by atoms with Crippen LogP contribution in [0.15, 0.2) is 42.5 Å². The molecule has 4 rings (SSSR count). The third kappa shape index (κ3) is 2.76. The van der Waals surface area contributed by atoms with Crippen LogP contribution in [0.4, 0.5) is 4.79 Å². The molecule has 0 spiro atoms. The molecule has 0 radical (unpaired) electrons. The van der Waals surface area contributed by atoms with Crippen molar-refractivity contribution < 1.29 is 9.53 Å². The molecule has 4 aromatic rings. The molecule has 0 amide bonds. The zero-order valence-electron chi connectivity index (χ0n) is 15.1. The van der Waals surface area contributed by atoms with E-state index < -0.39 is 11.7 Å². The van der Waals surface area contributed by atoms with Crippen molar-refractivity contribution in [1.82, 2.24) is 13.3 Å². The van der Waals surface area contributed by atoms with E-state index in [1.807, 2.05) is 70.2 Å². The maximum Gasteiger partial charge on any atom is 0.419 e. The van der Waals surface area contributed by atoms with Crippen LogP contribution in [-0.2, 0) is 4.74 Å². The van der Waals surface area contributed by atoms with E-state index in [0.29, 0.717) is 0 Å². The van der Waals surface area contributed by atoms with E-state index >= 15 is 0 Å². The first-order valence-corrected chi connectivity index (χ1v) is 9.14. The molecular formula is C20H19N3O2S. The molecule has 0 N–H and O–H groups in total. The van der Waals surface area contributed by atoms with Crippen LogP contribution in [0.3, 0.4) is 0 Å². The highest BCUT2D eigenvalue weighted by molar-refractivity contribution is 7.00. The highest BCUT2D eigenvalue weighted by atomic mass is 32.1. The molecule has 0 aliphatic heterocycles. The van der Waals surface area contributed by atoms with Gasteiger partial charge in [0.05, 0.1) is 22.9 Å². The Morgan fingerprint density at radius 1 is 1.08 bits per heavy atom. The van der Waals surface area contributed by atoms with Crippen molar-refractivity contribution >= 4 is 39.8 Å². The SMILES string of the molecule is Cc1ccc(-c2cc3ccccc3n2C(=O)OC(C)(C)C)c2nsnc12. The first-order valence-electron chi connectivity index (χ1n) is 8.41. The Morgan fingerprint density at radius 3 is 2.58 bits per heavy atom. The Labute approximate surface area is 155 Å². The monoisotopic (exact) mass is 365 g/mol. The number of benzene rings is 2. The number of ether oxygens (including phenoxy) is 1. The Kier molecular flexibility index (Phi) is 3.80. The molecule has 26 heavy (non-hydrogen) atoms. The Morgan fingerprint density at radius 2 is 1.81 bits per heavy atom. The van der Waals surface area contributed by atoms with Gasteiger partial charge < -0.3 is 4.74 Å². The van der Waals surface area contributed by atoms with Crippen molar-refractivity contribution in [3.8, 4) is 11.3 Å². The maximum atomic E-state index is 13.0. The normalized spacial score (nSPS) is 12.0. The summed E-state index contributed by atoms with van der Waals surface area (Å²) in [4.78, 5) is 13.0. The number of hydrogen-bond donors (Lipinski definition) is 0. The lowest BCUT2D eigenvalue weighted by molar-refractivity contribution is 0.0547. The maximum absolute atomic E-state index is 13.0. The van der Waals surface area contributed by atoms with E-state index in [4.69, 9.17) is 4.74 Å². The summed E-state index contributed by atoms with van der Waals surface area (Å²) in [5.74, 6) is 0. The van der Waals surface area contributed by atoms with Gasteiger partial charge in [-0.15, -0.1) is 0 Å². The van der Waals surface area contributed by atoms with Gasteiger partial charge in [-0.1, -0.05) is 30.3 Å². The number of carbonyl (C=O) groups excluding carboxylic acids is 1. The molecule has 132 valence electrons. The standard InChI is InChI=1S/C20H19N3O2S/c1-12-9-10-14(18-17(12)21-26-22-18)16-11-13-7-5-6-8-15(13)23(16)19(24)25-20(2,3)4/h5-11H,1-4H3. The minimum atomic E-state index is -0.579. The largest absolute Gasteiger partial charge is 0.443 e. The van der Waals surface area contributed by atoms with Gasteiger partial charge in [-0.05, 0) is 45.4 Å². The molecule has 5 nitrogen and oxygen atoms in total. The van der Waals surface area contributed by atoms with Crippen molar-refractivity contribution in [3.05, 3.63) is 48.0 Å². The molecule has 0 atom stereocenters. The molecule has 0 saturated carbocycles. The van der Waals surface area contributed by atoms with Crippen LogP contribution in [-0.4, -0.2) is 25.0 Å². The van der Waals surface area contributed by atoms with Crippen LogP contribution in [0.25, 0.3) is 33.2 Å². The van der Waals surface area contributed by atoms with Crippen molar-refractivity contribution in [2.45, 2.75) is 33.3 Å². The average molecular weight is 365 g/mol. The van der Waals surface area contributed by atoms with Crippen LogP contribution in [0, 0.1) is 6.92 Å². The Hall–Kier alpha value is -2.73. The zero-order valence-corrected chi connectivity index (χ0v) is 15.9. The summed E-state index contributed by atoms with van der Waals surface area (Å²) in [6.45, 7) is 7.61. The molecule has 6 heteroatoms. The van der Waals surface area contributed by atoms with Crippen LogP contribution in [0.1, 0.15) is 26.3 Å². The third-order valence-electron chi connectivity index (χ3n) is 4.18.